The van der Waals surface area contributed by atoms with Crippen LogP contribution < -0.4 is 10.4 Å². The Kier molecular flexibility index (Phi) is 7.15. The zero-order valence-corrected chi connectivity index (χ0v) is 24.6. The Hall–Kier alpha value is -1.64. The second-order valence-corrected chi connectivity index (χ2v) is 17.9. The third-order valence-corrected chi connectivity index (χ3v) is 15.2. The van der Waals surface area contributed by atoms with Crippen molar-refractivity contribution in [3.05, 3.63) is 72.3 Å². The summed E-state index contributed by atoms with van der Waals surface area (Å²) in [6.45, 7) is 14.8. The third-order valence-electron chi connectivity index (χ3n) is 10.1. The van der Waals surface area contributed by atoms with Gasteiger partial charge in [-0.05, 0) is 83.0 Å². The Morgan fingerprint density at radius 1 is 0.833 bits per heavy atom. The van der Waals surface area contributed by atoms with Gasteiger partial charge in [0.2, 0.25) is 0 Å². The first-order valence-corrected chi connectivity index (χ1v) is 16.6. The summed E-state index contributed by atoms with van der Waals surface area (Å²) in [6, 6.07) is 22.5. The average Bonchev–Trinajstić information content (AvgIpc) is 3.40. The third kappa shape index (κ3) is 4.58. The van der Waals surface area contributed by atoms with Gasteiger partial charge in [-0.15, -0.1) is 0 Å². The largest absolute Gasteiger partial charge is 0.404 e. The van der Waals surface area contributed by atoms with Gasteiger partial charge in [-0.3, -0.25) is 0 Å². The normalized spacial score (nSPS) is 30.5. The second kappa shape index (κ2) is 9.91. The molecule has 0 aromatic heterocycles. The van der Waals surface area contributed by atoms with Crippen LogP contribution in [0, 0.1) is 29.1 Å². The highest BCUT2D eigenvalue weighted by Crippen LogP contribution is 2.69. The van der Waals surface area contributed by atoms with E-state index in [1.165, 1.54) is 55.3 Å². The van der Waals surface area contributed by atoms with E-state index >= 15 is 0 Å². The molecule has 2 saturated carbocycles. The molecular weight excluding hydrogens is 452 g/mol. The van der Waals surface area contributed by atoms with Gasteiger partial charge in [-0.25, -0.2) is 0 Å². The lowest BCUT2D eigenvalue weighted by molar-refractivity contribution is 0.150. The number of allylic oxidation sites excluding steroid dienone is 2. The first kappa shape index (κ1) is 26.0. The van der Waals surface area contributed by atoms with Crippen molar-refractivity contribution in [3.63, 3.8) is 0 Å². The second-order valence-electron chi connectivity index (χ2n) is 13.7. The van der Waals surface area contributed by atoms with E-state index in [2.05, 4.69) is 108 Å². The summed E-state index contributed by atoms with van der Waals surface area (Å²) in [5.74, 6) is 3.33. The molecule has 3 aliphatic rings. The lowest BCUT2D eigenvalue weighted by atomic mass is 9.74. The molecule has 2 aromatic rings. The summed E-state index contributed by atoms with van der Waals surface area (Å²) in [5.41, 5.74) is 2.32. The van der Waals surface area contributed by atoms with E-state index < -0.39 is 8.32 Å². The number of benzene rings is 2. The summed E-state index contributed by atoms with van der Waals surface area (Å²) in [4.78, 5) is 0. The highest BCUT2D eigenvalue weighted by Gasteiger charge is 2.63. The molecule has 0 aliphatic heterocycles. The molecule has 2 heteroatoms. The summed E-state index contributed by atoms with van der Waals surface area (Å²) in [7, 11) is -2.51. The van der Waals surface area contributed by atoms with Crippen molar-refractivity contribution in [2.75, 3.05) is 0 Å². The molecule has 0 N–H and O–H groups in total. The number of hydrogen-bond donors (Lipinski definition) is 0. The quantitative estimate of drug-likeness (QED) is 0.304. The van der Waals surface area contributed by atoms with Crippen molar-refractivity contribution >= 4 is 18.7 Å². The fraction of sp³-hybridized carbons (Fsp3) is 0.588. The van der Waals surface area contributed by atoms with Crippen molar-refractivity contribution in [2.24, 2.45) is 29.1 Å². The SMILES string of the molecule is C[C@H]1C[C@@H]2[C@H]([C@@H]3CC[C@@H](O[Si](c4ccccc4)(c4ccccc4)C(C)(C)C)CCCCC=C31)C2(C)C. The molecule has 0 saturated heterocycles. The van der Waals surface area contributed by atoms with Crippen LogP contribution in [-0.2, 0) is 4.43 Å². The Bertz CT molecular complexity index is 1010. The van der Waals surface area contributed by atoms with E-state index in [-0.39, 0.29) is 5.04 Å². The Morgan fingerprint density at radius 3 is 2.03 bits per heavy atom. The minimum Gasteiger partial charge on any atom is -0.404 e. The smallest absolute Gasteiger partial charge is 0.261 e. The predicted octanol–water partition coefficient (Wildman–Crippen LogP) is 8.14. The molecule has 0 unspecified atom stereocenters. The van der Waals surface area contributed by atoms with Crippen LogP contribution in [0.25, 0.3) is 0 Å². The zero-order chi connectivity index (χ0) is 25.6. The van der Waals surface area contributed by atoms with Crippen molar-refractivity contribution in [1.82, 2.24) is 0 Å². The fourth-order valence-electron chi connectivity index (χ4n) is 8.18. The van der Waals surface area contributed by atoms with Gasteiger partial charge in [-0.2, -0.15) is 0 Å². The molecule has 5 rings (SSSR count). The van der Waals surface area contributed by atoms with E-state index in [9.17, 15) is 0 Å². The van der Waals surface area contributed by atoms with Crippen LogP contribution in [0.15, 0.2) is 72.3 Å². The minimum absolute atomic E-state index is 0.0407. The van der Waals surface area contributed by atoms with E-state index in [1.807, 2.05) is 0 Å². The van der Waals surface area contributed by atoms with Crippen LogP contribution in [0.2, 0.25) is 5.04 Å². The molecule has 0 spiro atoms. The van der Waals surface area contributed by atoms with Crippen molar-refractivity contribution in [1.29, 1.82) is 0 Å². The van der Waals surface area contributed by atoms with Crippen LogP contribution in [0.4, 0.5) is 0 Å². The topological polar surface area (TPSA) is 9.23 Å². The number of hydrogen-bond acceptors (Lipinski definition) is 1. The zero-order valence-electron chi connectivity index (χ0n) is 23.6. The van der Waals surface area contributed by atoms with Gasteiger partial charge in [0, 0.05) is 6.10 Å². The lowest BCUT2D eigenvalue weighted by Crippen LogP contribution is -2.67. The monoisotopic (exact) mass is 500 g/mol. The fourth-order valence-corrected chi connectivity index (χ4v) is 12.9. The van der Waals surface area contributed by atoms with Crippen molar-refractivity contribution in [2.45, 2.75) is 97.6 Å². The van der Waals surface area contributed by atoms with E-state index in [0.29, 0.717) is 11.5 Å². The average molecular weight is 501 g/mol. The molecule has 3 aliphatic carbocycles. The Labute approximate surface area is 221 Å². The summed E-state index contributed by atoms with van der Waals surface area (Å²) >= 11 is 0. The van der Waals surface area contributed by atoms with Crippen LogP contribution >= 0.6 is 0 Å². The van der Waals surface area contributed by atoms with Gasteiger partial charge in [0.25, 0.3) is 8.32 Å². The Balaban J connectivity index is 1.50. The molecular formula is C34H48OSi. The molecule has 0 heterocycles. The molecule has 1 nitrogen and oxygen atoms in total. The van der Waals surface area contributed by atoms with Crippen molar-refractivity contribution in [3.8, 4) is 0 Å². The van der Waals surface area contributed by atoms with E-state index in [0.717, 1.165) is 23.7 Å². The van der Waals surface area contributed by atoms with E-state index in [4.69, 9.17) is 4.43 Å². The highest BCUT2D eigenvalue weighted by atomic mass is 28.4. The van der Waals surface area contributed by atoms with E-state index in [1.54, 1.807) is 5.57 Å². The lowest BCUT2D eigenvalue weighted by Gasteiger charge is -2.45. The number of fused-ring (bicyclic) bond motifs is 3. The summed E-state index contributed by atoms with van der Waals surface area (Å²) in [6.07, 6.45) is 11.9. The first-order valence-electron chi connectivity index (χ1n) is 14.6. The molecule has 194 valence electrons. The van der Waals surface area contributed by atoms with Gasteiger partial charge in [-0.1, -0.05) is 120 Å². The van der Waals surface area contributed by atoms with Gasteiger partial charge in [0.1, 0.15) is 0 Å². The van der Waals surface area contributed by atoms with Gasteiger partial charge >= 0.3 is 0 Å². The molecule has 0 bridgehead atoms. The van der Waals surface area contributed by atoms with Crippen LogP contribution in [-0.4, -0.2) is 14.4 Å². The maximum atomic E-state index is 7.67. The summed E-state index contributed by atoms with van der Waals surface area (Å²) in [5, 5.41) is 2.87. The number of rotatable bonds is 4. The van der Waals surface area contributed by atoms with Crippen LogP contribution in [0.5, 0.6) is 0 Å². The maximum absolute atomic E-state index is 7.67. The first-order chi connectivity index (χ1) is 17.2. The van der Waals surface area contributed by atoms with Gasteiger partial charge in [0.05, 0.1) is 0 Å². The molecule has 0 amide bonds. The maximum Gasteiger partial charge on any atom is 0.261 e. The molecule has 2 aromatic carbocycles. The predicted molar refractivity (Wildman–Crippen MR) is 156 cm³/mol. The standard InChI is InChI=1S/C34H48OSi/c1-25-24-31-32(34(31,5)6)30-23-22-26(16-10-7-15-21-29(25)30)35-36(33(2,3)4,27-17-11-8-12-18-27)28-19-13-9-14-20-28/h8-9,11-14,17-21,25-26,30-32H,7,10,15-16,22-24H2,1-6H3/t25-,26-,30+,31+,32-/m0/s1. The minimum atomic E-state index is -2.51. The highest BCUT2D eigenvalue weighted by molar-refractivity contribution is 6.99. The van der Waals surface area contributed by atoms with Gasteiger partial charge in [0.15, 0.2) is 0 Å². The van der Waals surface area contributed by atoms with Crippen molar-refractivity contribution < 1.29 is 4.43 Å². The molecule has 2 fully saturated rings. The molecule has 0 radical (unpaired) electrons. The van der Waals surface area contributed by atoms with Crippen LogP contribution in [0.3, 0.4) is 0 Å². The van der Waals surface area contributed by atoms with Crippen LogP contribution in [0.1, 0.15) is 86.5 Å². The summed E-state index contributed by atoms with van der Waals surface area (Å²) < 4.78 is 7.67. The Morgan fingerprint density at radius 2 is 1.44 bits per heavy atom. The molecule has 36 heavy (non-hydrogen) atoms. The molecule has 5 atom stereocenters. The van der Waals surface area contributed by atoms with Gasteiger partial charge < -0.3 is 4.43 Å².